The molecule has 0 aliphatic heterocycles. The summed E-state index contributed by atoms with van der Waals surface area (Å²) in [5.74, 6) is 0.422. The molecule has 4 N–H and O–H groups in total. The number of rotatable bonds is 2. The third-order valence-electron chi connectivity index (χ3n) is 2.31. The van der Waals surface area contributed by atoms with Crippen LogP contribution in [0.1, 0.15) is 47.0 Å². The van der Waals surface area contributed by atoms with E-state index in [9.17, 15) is 0 Å². The van der Waals surface area contributed by atoms with E-state index in [-0.39, 0.29) is 0 Å². The Balaban J connectivity index is 0.000000791. The van der Waals surface area contributed by atoms with Crippen molar-refractivity contribution in [1.29, 1.82) is 0 Å². The zero-order valence-electron chi connectivity index (χ0n) is 9.93. The predicted octanol–water partition coefficient (Wildman–Crippen LogP) is 2.91. The van der Waals surface area contributed by atoms with E-state index < -0.39 is 0 Å². The van der Waals surface area contributed by atoms with Crippen molar-refractivity contribution in [2.24, 2.45) is 17.4 Å². The van der Waals surface area contributed by atoms with Gasteiger partial charge in [-0.1, -0.05) is 27.7 Å². The first kappa shape index (κ1) is 13.1. The van der Waals surface area contributed by atoms with Crippen LogP contribution in [0.15, 0.2) is 23.0 Å². The lowest BCUT2D eigenvalue weighted by atomic mass is 10.1. The van der Waals surface area contributed by atoms with Crippen molar-refractivity contribution in [3.63, 3.8) is 0 Å². The van der Waals surface area contributed by atoms with Crippen LogP contribution < -0.4 is 11.5 Å². The topological polar surface area (TPSA) is 52.0 Å². The highest BCUT2D eigenvalue weighted by Gasteiger charge is 2.10. The molecule has 1 aliphatic rings. The monoisotopic (exact) mass is 196 g/mol. The van der Waals surface area contributed by atoms with E-state index in [2.05, 4.69) is 13.8 Å². The summed E-state index contributed by atoms with van der Waals surface area (Å²) in [5.41, 5.74) is 14.9. The average Bonchev–Trinajstić information content (AvgIpc) is 2.55. The fourth-order valence-electron chi connectivity index (χ4n) is 1.32. The normalized spacial score (nSPS) is 17.1. The highest BCUT2D eigenvalue weighted by atomic mass is 14.6. The standard InChI is InChI=1S/C10H18N2.C2H6/c1-7(2)10(12)6-8-4-3-5-9(8)11;1-2/h6-7H,3-5,11-12H2,1-2H3;1-2H3/b10-6-;. The number of hydrogen-bond donors (Lipinski definition) is 2. The fourth-order valence-corrected chi connectivity index (χ4v) is 1.32. The molecule has 82 valence electrons. The van der Waals surface area contributed by atoms with Gasteiger partial charge in [0, 0.05) is 11.4 Å². The molecular weight excluding hydrogens is 172 g/mol. The van der Waals surface area contributed by atoms with Gasteiger partial charge >= 0.3 is 0 Å². The molecule has 0 radical (unpaired) electrons. The van der Waals surface area contributed by atoms with Crippen LogP contribution >= 0.6 is 0 Å². The maximum atomic E-state index is 5.83. The van der Waals surface area contributed by atoms with Crippen molar-refractivity contribution in [2.75, 3.05) is 0 Å². The van der Waals surface area contributed by atoms with Gasteiger partial charge in [-0.2, -0.15) is 0 Å². The summed E-state index contributed by atoms with van der Waals surface area (Å²) in [6, 6.07) is 0. The summed E-state index contributed by atoms with van der Waals surface area (Å²) in [5, 5.41) is 0. The largest absolute Gasteiger partial charge is 0.402 e. The van der Waals surface area contributed by atoms with Gasteiger partial charge in [0.2, 0.25) is 0 Å². The van der Waals surface area contributed by atoms with E-state index in [4.69, 9.17) is 11.5 Å². The predicted molar refractivity (Wildman–Crippen MR) is 63.5 cm³/mol. The Hall–Kier alpha value is -0.920. The molecule has 0 atom stereocenters. The first-order valence-electron chi connectivity index (χ1n) is 5.56. The molecule has 1 rings (SSSR count). The fraction of sp³-hybridized carbons (Fsp3) is 0.667. The Morgan fingerprint density at radius 3 is 2.21 bits per heavy atom. The molecule has 0 saturated heterocycles. The average molecular weight is 196 g/mol. The van der Waals surface area contributed by atoms with E-state index >= 15 is 0 Å². The molecule has 0 spiro atoms. The van der Waals surface area contributed by atoms with Crippen molar-refractivity contribution in [3.8, 4) is 0 Å². The van der Waals surface area contributed by atoms with Gasteiger partial charge in [0.25, 0.3) is 0 Å². The summed E-state index contributed by atoms with van der Waals surface area (Å²) in [4.78, 5) is 0. The first-order valence-corrected chi connectivity index (χ1v) is 5.56. The van der Waals surface area contributed by atoms with E-state index in [0.717, 1.165) is 24.2 Å². The Morgan fingerprint density at radius 2 is 1.86 bits per heavy atom. The van der Waals surface area contributed by atoms with Crippen molar-refractivity contribution in [3.05, 3.63) is 23.0 Å². The van der Waals surface area contributed by atoms with Crippen molar-refractivity contribution in [2.45, 2.75) is 47.0 Å². The van der Waals surface area contributed by atoms with E-state index in [1.54, 1.807) is 0 Å². The SMILES string of the molecule is CC.CC(C)/C(N)=C/C1=C(N)CCC1. The molecule has 0 aromatic heterocycles. The van der Waals surface area contributed by atoms with Crippen molar-refractivity contribution >= 4 is 0 Å². The summed E-state index contributed by atoms with van der Waals surface area (Å²) in [6.45, 7) is 8.19. The van der Waals surface area contributed by atoms with Crippen molar-refractivity contribution in [1.82, 2.24) is 0 Å². The third-order valence-corrected chi connectivity index (χ3v) is 2.31. The van der Waals surface area contributed by atoms with Crippen LogP contribution in [-0.4, -0.2) is 0 Å². The quantitative estimate of drug-likeness (QED) is 0.713. The smallest absolute Gasteiger partial charge is 0.0114 e. The number of hydrogen-bond acceptors (Lipinski definition) is 2. The van der Waals surface area contributed by atoms with Crippen LogP contribution in [0.3, 0.4) is 0 Å². The molecule has 0 aromatic carbocycles. The van der Waals surface area contributed by atoms with Crippen LogP contribution in [0.5, 0.6) is 0 Å². The molecule has 2 heteroatoms. The lowest BCUT2D eigenvalue weighted by Crippen LogP contribution is -2.06. The second-order valence-corrected chi connectivity index (χ2v) is 3.70. The summed E-state index contributed by atoms with van der Waals surface area (Å²) >= 11 is 0. The van der Waals surface area contributed by atoms with Gasteiger partial charge in [-0.05, 0) is 36.8 Å². The molecular formula is C12H24N2. The molecule has 0 saturated carbocycles. The molecule has 2 nitrogen and oxygen atoms in total. The molecule has 0 aromatic rings. The second kappa shape index (κ2) is 6.52. The number of allylic oxidation sites excluding steroid dienone is 4. The lowest BCUT2D eigenvalue weighted by molar-refractivity contribution is 0.754. The zero-order chi connectivity index (χ0) is 11.1. The molecule has 0 amide bonds. The minimum absolute atomic E-state index is 0.422. The van der Waals surface area contributed by atoms with Gasteiger partial charge in [0.1, 0.15) is 0 Å². The van der Waals surface area contributed by atoms with E-state index in [1.807, 2.05) is 19.9 Å². The van der Waals surface area contributed by atoms with Gasteiger partial charge in [-0.3, -0.25) is 0 Å². The van der Waals surface area contributed by atoms with Crippen LogP contribution in [0.2, 0.25) is 0 Å². The zero-order valence-corrected chi connectivity index (χ0v) is 9.93. The minimum atomic E-state index is 0.422. The van der Waals surface area contributed by atoms with Gasteiger partial charge < -0.3 is 11.5 Å². The Bertz CT molecular complexity index is 224. The van der Waals surface area contributed by atoms with E-state index in [0.29, 0.717) is 5.92 Å². The highest BCUT2D eigenvalue weighted by Crippen LogP contribution is 2.24. The Kier molecular flexibility index (Phi) is 6.09. The summed E-state index contributed by atoms with van der Waals surface area (Å²) in [6.07, 6.45) is 5.37. The highest BCUT2D eigenvalue weighted by molar-refractivity contribution is 5.30. The minimum Gasteiger partial charge on any atom is -0.402 e. The van der Waals surface area contributed by atoms with Crippen molar-refractivity contribution < 1.29 is 0 Å². The van der Waals surface area contributed by atoms with Gasteiger partial charge in [-0.25, -0.2) is 0 Å². The maximum Gasteiger partial charge on any atom is 0.0114 e. The second-order valence-electron chi connectivity index (χ2n) is 3.70. The van der Waals surface area contributed by atoms with Crippen LogP contribution in [0.25, 0.3) is 0 Å². The molecule has 0 bridgehead atoms. The molecule has 0 fully saturated rings. The van der Waals surface area contributed by atoms with Gasteiger partial charge in [-0.15, -0.1) is 0 Å². The Morgan fingerprint density at radius 1 is 1.29 bits per heavy atom. The molecule has 0 unspecified atom stereocenters. The van der Waals surface area contributed by atoms with Crippen LogP contribution in [0, 0.1) is 5.92 Å². The van der Waals surface area contributed by atoms with E-state index in [1.165, 1.54) is 12.0 Å². The first-order chi connectivity index (χ1) is 6.61. The van der Waals surface area contributed by atoms with Crippen LogP contribution in [0.4, 0.5) is 0 Å². The van der Waals surface area contributed by atoms with Gasteiger partial charge in [0.15, 0.2) is 0 Å². The third kappa shape index (κ3) is 3.86. The van der Waals surface area contributed by atoms with Crippen LogP contribution in [-0.2, 0) is 0 Å². The Labute approximate surface area is 88.1 Å². The lowest BCUT2D eigenvalue weighted by Gasteiger charge is -2.05. The summed E-state index contributed by atoms with van der Waals surface area (Å²) < 4.78 is 0. The van der Waals surface area contributed by atoms with Gasteiger partial charge in [0.05, 0.1) is 0 Å². The molecule has 0 heterocycles. The molecule has 1 aliphatic carbocycles. The molecule has 14 heavy (non-hydrogen) atoms. The number of nitrogens with two attached hydrogens (primary N) is 2. The maximum absolute atomic E-state index is 5.83. The summed E-state index contributed by atoms with van der Waals surface area (Å²) in [7, 11) is 0.